The second-order valence-electron chi connectivity index (χ2n) is 7.11. The Hall–Kier alpha value is -2.87. The van der Waals surface area contributed by atoms with Gasteiger partial charge in [0.1, 0.15) is 11.5 Å². The molecule has 0 spiro atoms. The fraction of sp³-hybridized carbons (Fsp3) is 0.240. The van der Waals surface area contributed by atoms with E-state index in [1.807, 2.05) is 42.6 Å². The number of rotatable bonds is 4. The first-order chi connectivity index (χ1) is 13.4. The summed E-state index contributed by atoms with van der Waals surface area (Å²) >= 11 is 0. The number of hydrogen-bond donors (Lipinski definition) is 0. The molecule has 0 radical (unpaired) electrons. The van der Waals surface area contributed by atoms with Crippen LogP contribution in [0.5, 0.6) is 0 Å². The molecule has 2 aromatic carbocycles. The van der Waals surface area contributed by atoms with Crippen LogP contribution < -0.4 is 0 Å². The Morgan fingerprint density at radius 1 is 0.741 bits per heavy atom. The molecule has 0 unspecified atom stereocenters. The van der Waals surface area contributed by atoms with Gasteiger partial charge in [-0.3, -0.25) is 4.99 Å². The molecule has 4 rings (SSSR count). The van der Waals surface area contributed by atoms with Crippen LogP contribution in [0.15, 0.2) is 89.5 Å². The summed E-state index contributed by atoms with van der Waals surface area (Å²) < 4.78 is 6.22. The molecule has 1 fully saturated rings. The van der Waals surface area contributed by atoms with Gasteiger partial charge in [0.05, 0.1) is 0 Å². The van der Waals surface area contributed by atoms with Crippen LogP contribution in [0.1, 0.15) is 43.2 Å². The van der Waals surface area contributed by atoms with E-state index in [-0.39, 0.29) is 0 Å². The fourth-order valence-corrected chi connectivity index (χ4v) is 3.59. The number of hydrogen-bond acceptors (Lipinski definition) is 2. The molecule has 0 N–H and O–H groups in total. The second kappa shape index (κ2) is 8.68. The number of nitrogens with zero attached hydrogens (tertiary/aromatic N) is 1. The highest BCUT2D eigenvalue weighted by molar-refractivity contribution is 5.82. The molecule has 2 heteroatoms. The van der Waals surface area contributed by atoms with Gasteiger partial charge in [-0.25, -0.2) is 0 Å². The summed E-state index contributed by atoms with van der Waals surface area (Å²) in [6.45, 7) is 0. The zero-order valence-corrected chi connectivity index (χ0v) is 15.6. The first-order valence-corrected chi connectivity index (χ1v) is 9.84. The van der Waals surface area contributed by atoms with Gasteiger partial charge in [-0.15, -0.1) is 0 Å². The van der Waals surface area contributed by atoms with E-state index in [4.69, 9.17) is 9.73 Å². The van der Waals surface area contributed by atoms with Crippen molar-refractivity contribution in [2.75, 3.05) is 0 Å². The standard InChI is InChI=1S/C25H25NO/c1-4-10-21(11-5-1)24-18-20(16-17-26-23-14-8-3-9-15-23)19-25(27-24)22-12-6-2-7-13-22/h1-2,4-7,10-13,16-19,23H,3,8-9,14-15H2. The van der Waals surface area contributed by atoms with Crippen molar-refractivity contribution in [2.45, 2.75) is 38.1 Å². The third-order valence-corrected chi connectivity index (χ3v) is 5.07. The smallest absolute Gasteiger partial charge is 0.135 e. The Morgan fingerprint density at radius 3 is 1.85 bits per heavy atom. The van der Waals surface area contributed by atoms with E-state index >= 15 is 0 Å². The lowest BCUT2D eigenvalue weighted by atomic mass is 9.96. The van der Waals surface area contributed by atoms with Crippen molar-refractivity contribution >= 4 is 17.7 Å². The molecular weight excluding hydrogens is 330 g/mol. The molecule has 0 bridgehead atoms. The van der Waals surface area contributed by atoms with Crippen LogP contribution in [0, 0.1) is 0 Å². The van der Waals surface area contributed by atoms with Crippen molar-refractivity contribution in [1.29, 1.82) is 0 Å². The van der Waals surface area contributed by atoms with E-state index < -0.39 is 0 Å². The maximum absolute atomic E-state index is 6.22. The normalized spacial score (nSPS) is 18.0. The van der Waals surface area contributed by atoms with Crippen LogP contribution in [0.3, 0.4) is 0 Å². The molecule has 2 aromatic rings. The highest BCUT2D eigenvalue weighted by atomic mass is 16.5. The fourth-order valence-electron chi connectivity index (χ4n) is 3.59. The van der Waals surface area contributed by atoms with Crippen LogP contribution in [0.25, 0.3) is 11.5 Å². The molecule has 1 saturated carbocycles. The number of benzene rings is 2. The first-order valence-electron chi connectivity index (χ1n) is 9.84. The van der Waals surface area contributed by atoms with E-state index in [0.29, 0.717) is 6.04 Å². The quantitative estimate of drug-likeness (QED) is 0.579. The van der Waals surface area contributed by atoms with Crippen molar-refractivity contribution in [1.82, 2.24) is 0 Å². The molecule has 0 aromatic heterocycles. The van der Waals surface area contributed by atoms with Gasteiger partial charge in [0.25, 0.3) is 0 Å². The molecule has 0 saturated heterocycles. The minimum absolute atomic E-state index is 0.491. The maximum atomic E-state index is 6.22. The summed E-state index contributed by atoms with van der Waals surface area (Å²) in [5.74, 6) is 1.74. The van der Waals surface area contributed by atoms with Crippen LogP contribution in [0.4, 0.5) is 0 Å². The van der Waals surface area contributed by atoms with Gasteiger partial charge in [0.2, 0.25) is 0 Å². The Labute approximate surface area is 161 Å². The molecule has 0 atom stereocenters. The lowest BCUT2D eigenvalue weighted by Crippen LogP contribution is -2.09. The summed E-state index contributed by atoms with van der Waals surface area (Å²) in [6.07, 6.45) is 14.7. The molecule has 0 amide bonds. The highest BCUT2D eigenvalue weighted by Gasteiger charge is 2.15. The van der Waals surface area contributed by atoms with Gasteiger partial charge in [0.15, 0.2) is 0 Å². The molecule has 2 nitrogen and oxygen atoms in total. The number of allylic oxidation sites excluding steroid dienone is 4. The van der Waals surface area contributed by atoms with Crippen molar-refractivity contribution in [2.24, 2.45) is 4.99 Å². The Bertz CT molecular complexity index is 812. The van der Waals surface area contributed by atoms with Crippen LogP contribution in [0.2, 0.25) is 0 Å². The molecule has 27 heavy (non-hydrogen) atoms. The maximum Gasteiger partial charge on any atom is 0.135 e. The lowest BCUT2D eigenvalue weighted by molar-refractivity contribution is 0.444. The van der Waals surface area contributed by atoms with Crippen LogP contribution in [-0.4, -0.2) is 12.3 Å². The SMILES string of the molecule is C(C=C1C=C(c2ccccc2)OC(c2ccccc2)=C1)=NC1CCCCC1. The van der Waals surface area contributed by atoms with Gasteiger partial charge >= 0.3 is 0 Å². The average molecular weight is 355 g/mol. The topological polar surface area (TPSA) is 21.6 Å². The minimum atomic E-state index is 0.491. The lowest BCUT2D eigenvalue weighted by Gasteiger charge is -2.19. The van der Waals surface area contributed by atoms with Gasteiger partial charge in [-0.2, -0.15) is 0 Å². The Kier molecular flexibility index (Phi) is 5.64. The highest BCUT2D eigenvalue weighted by Crippen LogP contribution is 2.31. The zero-order valence-electron chi connectivity index (χ0n) is 15.6. The summed E-state index contributed by atoms with van der Waals surface area (Å²) in [7, 11) is 0. The van der Waals surface area contributed by atoms with E-state index in [1.165, 1.54) is 32.1 Å². The summed E-state index contributed by atoms with van der Waals surface area (Å²) in [4.78, 5) is 4.77. The van der Waals surface area contributed by atoms with Crippen molar-refractivity contribution in [3.63, 3.8) is 0 Å². The second-order valence-corrected chi connectivity index (χ2v) is 7.11. The number of aliphatic imine (C=N–C) groups is 1. The third kappa shape index (κ3) is 4.65. The van der Waals surface area contributed by atoms with Crippen LogP contribution in [-0.2, 0) is 4.74 Å². The van der Waals surface area contributed by atoms with Gasteiger partial charge in [0, 0.05) is 23.4 Å². The molecule has 1 heterocycles. The van der Waals surface area contributed by atoms with Crippen molar-refractivity contribution < 1.29 is 4.74 Å². The van der Waals surface area contributed by atoms with E-state index in [9.17, 15) is 0 Å². The van der Waals surface area contributed by atoms with E-state index in [1.54, 1.807) is 0 Å². The van der Waals surface area contributed by atoms with E-state index in [2.05, 4.69) is 42.5 Å². The predicted octanol–water partition coefficient (Wildman–Crippen LogP) is 6.43. The molecule has 136 valence electrons. The Morgan fingerprint density at radius 2 is 1.30 bits per heavy atom. The molecular formula is C25H25NO. The largest absolute Gasteiger partial charge is 0.456 e. The van der Waals surface area contributed by atoms with Gasteiger partial charge in [-0.1, -0.05) is 79.9 Å². The average Bonchev–Trinajstić information content (AvgIpc) is 2.76. The summed E-state index contributed by atoms with van der Waals surface area (Å²) in [5.41, 5.74) is 3.27. The van der Waals surface area contributed by atoms with Gasteiger partial charge in [-0.05, 0) is 36.6 Å². The first kappa shape index (κ1) is 17.5. The molecule has 2 aliphatic rings. The van der Waals surface area contributed by atoms with Crippen molar-refractivity contribution in [3.05, 3.63) is 95.6 Å². The monoisotopic (exact) mass is 355 g/mol. The third-order valence-electron chi connectivity index (χ3n) is 5.07. The minimum Gasteiger partial charge on any atom is -0.456 e. The van der Waals surface area contributed by atoms with Crippen molar-refractivity contribution in [3.8, 4) is 0 Å². The molecule has 1 aliphatic carbocycles. The number of ether oxygens (including phenoxy) is 1. The van der Waals surface area contributed by atoms with Crippen LogP contribution >= 0.6 is 0 Å². The van der Waals surface area contributed by atoms with Gasteiger partial charge < -0.3 is 4.74 Å². The summed E-state index contributed by atoms with van der Waals surface area (Å²) in [5, 5.41) is 0. The zero-order chi connectivity index (χ0) is 18.3. The van der Waals surface area contributed by atoms with E-state index in [0.717, 1.165) is 28.2 Å². The summed E-state index contributed by atoms with van der Waals surface area (Å²) in [6, 6.07) is 21.0. The Balaban J connectivity index is 1.62. The molecule has 1 aliphatic heterocycles. The predicted molar refractivity (Wildman–Crippen MR) is 113 cm³/mol.